The molecule has 82 valence electrons. The van der Waals surface area contributed by atoms with Gasteiger partial charge in [-0.1, -0.05) is 19.9 Å². The van der Waals surface area contributed by atoms with Gasteiger partial charge in [-0.3, -0.25) is 0 Å². The number of ether oxygens (including phenoxy) is 1. The number of aliphatic hydroxyl groups is 1. The van der Waals surface area contributed by atoms with Crippen molar-refractivity contribution in [2.75, 3.05) is 7.11 Å². The number of rotatable bonds is 3. The zero-order valence-electron chi connectivity index (χ0n) is 9.28. The monoisotopic (exact) mass is 208 g/mol. The van der Waals surface area contributed by atoms with Gasteiger partial charge < -0.3 is 9.84 Å². The molecule has 3 heteroatoms. The molecular formula is C12H16O3. The van der Waals surface area contributed by atoms with E-state index >= 15 is 0 Å². The molecule has 1 rings (SSSR count). The number of hydrogen-bond donors (Lipinski definition) is 1. The van der Waals surface area contributed by atoms with Gasteiger partial charge in [0.05, 0.1) is 19.3 Å². The molecule has 0 aliphatic carbocycles. The van der Waals surface area contributed by atoms with E-state index < -0.39 is 0 Å². The average molecular weight is 208 g/mol. The lowest BCUT2D eigenvalue weighted by molar-refractivity contribution is 0.0600. The van der Waals surface area contributed by atoms with Crippen LogP contribution in [0.3, 0.4) is 0 Å². The van der Waals surface area contributed by atoms with Gasteiger partial charge in [0.15, 0.2) is 0 Å². The van der Waals surface area contributed by atoms with E-state index in [1.807, 2.05) is 19.9 Å². The highest BCUT2D eigenvalue weighted by molar-refractivity contribution is 5.89. The Balaban J connectivity index is 3.17. The fraction of sp³-hybridized carbons (Fsp3) is 0.417. The second kappa shape index (κ2) is 4.94. The van der Waals surface area contributed by atoms with Crippen LogP contribution in [0, 0.1) is 0 Å². The van der Waals surface area contributed by atoms with Crippen LogP contribution in [0.4, 0.5) is 0 Å². The van der Waals surface area contributed by atoms with E-state index in [4.69, 9.17) is 5.11 Å². The van der Waals surface area contributed by atoms with Crippen molar-refractivity contribution in [3.63, 3.8) is 0 Å². The van der Waals surface area contributed by atoms with Crippen LogP contribution < -0.4 is 0 Å². The third-order valence-corrected chi connectivity index (χ3v) is 2.29. The highest BCUT2D eigenvalue weighted by Crippen LogP contribution is 2.19. The van der Waals surface area contributed by atoms with Crippen molar-refractivity contribution < 1.29 is 14.6 Å². The molecule has 15 heavy (non-hydrogen) atoms. The maximum Gasteiger partial charge on any atom is 0.337 e. The predicted molar refractivity (Wildman–Crippen MR) is 57.8 cm³/mol. The van der Waals surface area contributed by atoms with Crippen LogP contribution in [-0.2, 0) is 11.3 Å². The summed E-state index contributed by atoms with van der Waals surface area (Å²) in [7, 11) is 1.35. The van der Waals surface area contributed by atoms with E-state index in [-0.39, 0.29) is 12.6 Å². The molecule has 0 saturated heterocycles. The number of carbonyl (C=O) groups is 1. The molecule has 1 aromatic carbocycles. The number of aliphatic hydroxyl groups excluding tert-OH is 1. The van der Waals surface area contributed by atoms with Crippen molar-refractivity contribution in [2.24, 2.45) is 0 Å². The Hall–Kier alpha value is -1.35. The molecule has 0 amide bonds. The van der Waals surface area contributed by atoms with Gasteiger partial charge in [-0.05, 0) is 29.2 Å². The third-order valence-electron chi connectivity index (χ3n) is 2.29. The van der Waals surface area contributed by atoms with Crippen molar-refractivity contribution in [3.8, 4) is 0 Å². The molecule has 0 heterocycles. The van der Waals surface area contributed by atoms with Gasteiger partial charge in [0.1, 0.15) is 0 Å². The van der Waals surface area contributed by atoms with Gasteiger partial charge in [0, 0.05) is 0 Å². The van der Waals surface area contributed by atoms with Crippen molar-refractivity contribution in [1.82, 2.24) is 0 Å². The Morgan fingerprint density at radius 3 is 2.53 bits per heavy atom. The predicted octanol–water partition coefficient (Wildman–Crippen LogP) is 2.09. The van der Waals surface area contributed by atoms with Gasteiger partial charge in [0.2, 0.25) is 0 Å². The molecule has 0 atom stereocenters. The first kappa shape index (κ1) is 11.7. The van der Waals surface area contributed by atoms with Crippen LogP contribution in [0.5, 0.6) is 0 Å². The number of carbonyl (C=O) groups excluding carboxylic acids is 1. The molecule has 0 aliphatic heterocycles. The van der Waals surface area contributed by atoms with Gasteiger partial charge in [-0.15, -0.1) is 0 Å². The Morgan fingerprint density at radius 2 is 2.07 bits per heavy atom. The molecule has 0 aromatic heterocycles. The summed E-state index contributed by atoms with van der Waals surface area (Å²) >= 11 is 0. The maximum atomic E-state index is 11.4. The smallest absolute Gasteiger partial charge is 0.337 e. The van der Waals surface area contributed by atoms with Crippen molar-refractivity contribution >= 4 is 5.97 Å². The fourth-order valence-electron chi connectivity index (χ4n) is 1.38. The van der Waals surface area contributed by atoms with Gasteiger partial charge >= 0.3 is 5.97 Å². The molecule has 0 bridgehead atoms. The van der Waals surface area contributed by atoms with E-state index in [2.05, 4.69) is 4.74 Å². The quantitative estimate of drug-likeness (QED) is 0.774. The minimum atomic E-state index is -0.368. The minimum absolute atomic E-state index is 0.0649. The Kier molecular flexibility index (Phi) is 3.86. The van der Waals surface area contributed by atoms with E-state index in [9.17, 15) is 4.79 Å². The molecule has 0 spiro atoms. The van der Waals surface area contributed by atoms with Gasteiger partial charge in [0.25, 0.3) is 0 Å². The number of hydrogen-bond acceptors (Lipinski definition) is 3. The average Bonchev–Trinajstić information content (AvgIpc) is 2.27. The number of esters is 1. The molecular weight excluding hydrogens is 192 g/mol. The van der Waals surface area contributed by atoms with Gasteiger partial charge in [-0.25, -0.2) is 4.79 Å². The first-order valence-corrected chi connectivity index (χ1v) is 4.91. The largest absolute Gasteiger partial charge is 0.465 e. The molecule has 0 aliphatic rings. The van der Waals surface area contributed by atoms with Crippen LogP contribution in [0.25, 0.3) is 0 Å². The van der Waals surface area contributed by atoms with E-state index in [1.165, 1.54) is 7.11 Å². The molecule has 3 nitrogen and oxygen atoms in total. The maximum absolute atomic E-state index is 11.4. The summed E-state index contributed by atoms with van der Waals surface area (Å²) in [6, 6.07) is 5.35. The molecule has 0 fully saturated rings. The van der Waals surface area contributed by atoms with Crippen LogP contribution >= 0.6 is 0 Å². The minimum Gasteiger partial charge on any atom is -0.465 e. The Morgan fingerprint density at radius 1 is 1.40 bits per heavy atom. The lowest BCUT2D eigenvalue weighted by atomic mass is 9.98. The molecule has 0 saturated carbocycles. The summed E-state index contributed by atoms with van der Waals surface area (Å²) in [6.07, 6.45) is 0. The van der Waals surface area contributed by atoms with Crippen LogP contribution in [0.15, 0.2) is 18.2 Å². The molecule has 1 aromatic rings. The topological polar surface area (TPSA) is 46.5 Å². The molecule has 1 N–H and O–H groups in total. The second-order valence-corrected chi connectivity index (χ2v) is 3.77. The SMILES string of the molecule is COC(=O)c1cc(CO)cc(C(C)C)c1. The Bertz CT molecular complexity index is 356. The van der Waals surface area contributed by atoms with Crippen LogP contribution in [0.2, 0.25) is 0 Å². The third kappa shape index (κ3) is 2.80. The summed E-state index contributed by atoms with van der Waals surface area (Å²) in [6.45, 7) is 4.01. The fourth-order valence-corrected chi connectivity index (χ4v) is 1.38. The second-order valence-electron chi connectivity index (χ2n) is 3.77. The summed E-state index contributed by atoms with van der Waals surface area (Å²) in [5.74, 6) is -0.0490. The lowest BCUT2D eigenvalue weighted by Crippen LogP contribution is -2.04. The summed E-state index contributed by atoms with van der Waals surface area (Å²) < 4.78 is 4.65. The first-order valence-electron chi connectivity index (χ1n) is 4.91. The highest BCUT2D eigenvalue weighted by Gasteiger charge is 2.10. The van der Waals surface area contributed by atoms with E-state index in [1.54, 1.807) is 12.1 Å². The Labute approximate surface area is 89.7 Å². The number of benzene rings is 1. The summed E-state index contributed by atoms with van der Waals surface area (Å²) in [4.78, 5) is 11.4. The zero-order chi connectivity index (χ0) is 11.4. The first-order chi connectivity index (χ1) is 7.08. The van der Waals surface area contributed by atoms with Crippen molar-refractivity contribution in [2.45, 2.75) is 26.4 Å². The molecule has 0 radical (unpaired) electrons. The van der Waals surface area contributed by atoms with Crippen LogP contribution in [0.1, 0.15) is 41.3 Å². The van der Waals surface area contributed by atoms with Crippen molar-refractivity contribution in [1.29, 1.82) is 0 Å². The normalized spacial score (nSPS) is 10.5. The standard InChI is InChI=1S/C12H16O3/c1-8(2)10-4-9(7-13)5-11(6-10)12(14)15-3/h4-6,8,13H,7H2,1-3H3. The zero-order valence-corrected chi connectivity index (χ0v) is 9.28. The van der Waals surface area contributed by atoms with Crippen LogP contribution in [-0.4, -0.2) is 18.2 Å². The number of methoxy groups -OCH3 is 1. The van der Waals surface area contributed by atoms with E-state index in [0.717, 1.165) is 11.1 Å². The highest BCUT2D eigenvalue weighted by atomic mass is 16.5. The van der Waals surface area contributed by atoms with Crippen molar-refractivity contribution in [3.05, 3.63) is 34.9 Å². The summed E-state index contributed by atoms with van der Waals surface area (Å²) in [5, 5.41) is 9.07. The van der Waals surface area contributed by atoms with Gasteiger partial charge in [-0.2, -0.15) is 0 Å². The van der Waals surface area contributed by atoms with E-state index in [0.29, 0.717) is 11.5 Å². The molecule has 0 unspecified atom stereocenters. The lowest BCUT2D eigenvalue weighted by Gasteiger charge is -2.09. The summed E-state index contributed by atoms with van der Waals surface area (Å²) in [5.41, 5.74) is 2.26.